The zero-order valence-corrected chi connectivity index (χ0v) is 15.0. The van der Waals surface area contributed by atoms with Gasteiger partial charge in [-0.25, -0.2) is 0 Å². The maximum Gasteiger partial charge on any atom is 0.221 e. The van der Waals surface area contributed by atoms with E-state index >= 15 is 0 Å². The fourth-order valence-electron chi connectivity index (χ4n) is 3.96. The predicted octanol–water partition coefficient (Wildman–Crippen LogP) is 3.85. The normalized spacial score (nSPS) is 21.2. The number of rotatable bonds is 4. The van der Waals surface area contributed by atoms with E-state index in [1.54, 1.807) is 0 Å². The first kappa shape index (κ1) is 16.7. The minimum atomic E-state index is -0.163. The Kier molecular flexibility index (Phi) is 4.48. The topological polar surface area (TPSA) is 55.1 Å². The third-order valence-corrected chi connectivity index (χ3v) is 5.16. The number of amides is 1. The lowest BCUT2D eigenvalue weighted by atomic mass is 9.79. The number of fused-ring (bicyclic) bond motifs is 1. The molecule has 2 aromatic rings. The Balaban J connectivity index is 1.65. The number of nitrogens with one attached hydrogen (secondary N) is 1. The summed E-state index contributed by atoms with van der Waals surface area (Å²) in [6.07, 6.45) is 3.36. The van der Waals surface area contributed by atoms with Crippen LogP contribution in [0.5, 0.6) is 0 Å². The lowest BCUT2D eigenvalue weighted by molar-refractivity contribution is -0.123. The maximum atomic E-state index is 12.6. The zero-order valence-electron chi connectivity index (χ0n) is 15.0. The lowest BCUT2D eigenvalue weighted by Crippen LogP contribution is -2.50. The van der Waals surface area contributed by atoms with Gasteiger partial charge in [-0.15, -0.1) is 0 Å². The van der Waals surface area contributed by atoms with Crippen LogP contribution >= 0.6 is 0 Å². The molecule has 0 saturated carbocycles. The van der Waals surface area contributed by atoms with Crippen LogP contribution in [0.15, 0.2) is 28.8 Å². The average molecular weight is 326 g/mol. The molecule has 0 bridgehead atoms. The van der Waals surface area contributed by atoms with Gasteiger partial charge in [0.15, 0.2) is 0 Å². The predicted molar refractivity (Wildman–Crippen MR) is 94.0 cm³/mol. The minimum Gasteiger partial charge on any atom is -0.361 e. The molecule has 24 heavy (non-hydrogen) atoms. The Morgan fingerprint density at radius 1 is 1.33 bits per heavy atom. The standard InChI is InChI=1S/C20H26N2O2/c1-13(19-14(2)22-24-15(19)3)11-18(23)21-20(4)10-9-16-7-5-6-8-17(16)12-20/h5-8,13H,9-12H2,1-4H3,(H,21,23)/t13-,20-/m1/s1. The highest BCUT2D eigenvalue weighted by atomic mass is 16.5. The van der Waals surface area contributed by atoms with Crippen LogP contribution in [0, 0.1) is 13.8 Å². The van der Waals surface area contributed by atoms with Crippen molar-refractivity contribution in [2.45, 2.75) is 64.8 Å². The smallest absolute Gasteiger partial charge is 0.221 e. The second kappa shape index (κ2) is 6.42. The van der Waals surface area contributed by atoms with Gasteiger partial charge in [0, 0.05) is 17.5 Å². The molecule has 1 aliphatic rings. The fourth-order valence-corrected chi connectivity index (χ4v) is 3.96. The van der Waals surface area contributed by atoms with Gasteiger partial charge in [-0.2, -0.15) is 0 Å². The van der Waals surface area contributed by atoms with E-state index in [9.17, 15) is 4.79 Å². The van der Waals surface area contributed by atoms with Crippen LogP contribution in [-0.2, 0) is 17.6 Å². The van der Waals surface area contributed by atoms with E-state index in [2.05, 4.69) is 48.6 Å². The Morgan fingerprint density at radius 2 is 2.04 bits per heavy atom. The van der Waals surface area contributed by atoms with E-state index < -0.39 is 0 Å². The third-order valence-electron chi connectivity index (χ3n) is 5.16. The van der Waals surface area contributed by atoms with Crippen LogP contribution in [0.4, 0.5) is 0 Å². The van der Waals surface area contributed by atoms with E-state index in [1.807, 2.05) is 13.8 Å². The van der Waals surface area contributed by atoms with Crippen molar-refractivity contribution in [2.75, 3.05) is 0 Å². The molecule has 0 aliphatic heterocycles. The molecular weight excluding hydrogens is 300 g/mol. The first-order valence-corrected chi connectivity index (χ1v) is 8.68. The van der Waals surface area contributed by atoms with Crippen molar-refractivity contribution in [1.29, 1.82) is 0 Å². The summed E-state index contributed by atoms with van der Waals surface area (Å²) in [7, 11) is 0. The quantitative estimate of drug-likeness (QED) is 0.928. The molecule has 0 saturated heterocycles. The van der Waals surface area contributed by atoms with E-state index in [-0.39, 0.29) is 17.4 Å². The van der Waals surface area contributed by atoms with Crippen molar-refractivity contribution in [2.24, 2.45) is 0 Å². The number of hydrogen-bond donors (Lipinski definition) is 1. The van der Waals surface area contributed by atoms with Gasteiger partial charge >= 0.3 is 0 Å². The molecule has 1 aromatic carbocycles. The number of nitrogens with zero attached hydrogens (tertiary/aromatic N) is 1. The van der Waals surface area contributed by atoms with E-state index in [1.165, 1.54) is 11.1 Å². The van der Waals surface area contributed by atoms with Crippen LogP contribution in [0.25, 0.3) is 0 Å². The molecule has 0 unspecified atom stereocenters. The van der Waals surface area contributed by atoms with Crippen LogP contribution in [0.2, 0.25) is 0 Å². The monoisotopic (exact) mass is 326 g/mol. The van der Waals surface area contributed by atoms with Gasteiger partial charge in [-0.05, 0) is 57.1 Å². The number of carbonyl (C=O) groups is 1. The number of hydrogen-bond acceptors (Lipinski definition) is 3. The molecule has 1 heterocycles. The molecule has 1 N–H and O–H groups in total. The molecule has 1 aromatic heterocycles. The Hall–Kier alpha value is -2.10. The second-order valence-corrected chi connectivity index (χ2v) is 7.40. The van der Waals surface area contributed by atoms with Crippen molar-refractivity contribution >= 4 is 5.91 Å². The highest BCUT2D eigenvalue weighted by molar-refractivity contribution is 5.78. The largest absolute Gasteiger partial charge is 0.361 e. The molecule has 3 rings (SSSR count). The number of carbonyl (C=O) groups excluding carboxylic acids is 1. The lowest BCUT2D eigenvalue weighted by Gasteiger charge is -2.36. The molecule has 0 fully saturated rings. The number of aromatic nitrogens is 1. The van der Waals surface area contributed by atoms with Gasteiger partial charge in [-0.1, -0.05) is 36.3 Å². The average Bonchev–Trinajstić information content (AvgIpc) is 2.85. The Morgan fingerprint density at radius 3 is 2.71 bits per heavy atom. The molecule has 2 atom stereocenters. The first-order chi connectivity index (χ1) is 11.4. The van der Waals surface area contributed by atoms with Crippen molar-refractivity contribution in [3.63, 3.8) is 0 Å². The van der Waals surface area contributed by atoms with E-state index in [0.29, 0.717) is 6.42 Å². The van der Waals surface area contributed by atoms with Gasteiger partial charge in [-0.3, -0.25) is 4.79 Å². The molecular formula is C20H26N2O2. The number of benzene rings is 1. The van der Waals surface area contributed by atoms with Crippen molar-refractivity contribution < 1.29 is 9.32 Å². The van der Waals surface area contributed by atoms with Crippen LogP contribution in [-0.4, -0.2) is 16.6 Å². The highest BCUT2D eigenvalue weighted by Crippen LogP contribution is 2.30. The van der Waals surface area contributed by atoms with E-state index in [4.69, 9.17) is 4.52 Å². The molecule has 4 nitrogen and oxygen atoms in total. The van der Waals surface area contributed by atoms with Crippen LogP contribution < -0.4 is 5.32 Å². The van der Waals surface area contributed by atoms with Crippen LogP contribution in [0.3, 0.4) is 0 Å². The summed E-state index contributed by atoms with van der Waals surface area (Å²) in [5.74, 6) is 1.02. The van der Waals surface area contributed by atoms with E-state index in [0.717, 1.165) is 36.3 Å². The fraction of sp³-hybridized carbons (Fsp3) is 0.500. The minimum absolute atomic E-state index is 0.101. The summed E-state index contributed by atoms with van der Waals surface area (Å²) < 4.78 is 5.23. The maximum absolute atomic E-state index is 12.6. The van der Waals surface area contributed by atoms with Gasteiger partial charge in [0.05, 0.1) is 5.69 Å². The van der Waals surface area contributed by atoms with Gasteiger partial charge < -0.3 is 9.84 Å². The molecule has 0 radical (unpaired) electrons. The van der Waals surface area contributed by atoms with Crippen molar-refractivity contribution in [1.82, 2.24) is 10.5 Å². The van der Waals surface area contributed by atoms with Gasteiger partial charge in [0.2, 0.25) is 5.91 Å². The van der Waals surface area contributed by atoms with Crippen molar-refractivity contribution in [3.05, 3.63) is 52.4 Å². The molecule has 0 spiro atoms. The summed E-state index contributed by atoms with van der Waals surface area (Å²) in [6.45, 7) is 8.05. The summed E-state index contributed by atoms with van der Waals surface area (Å²) >= 11 is 0. The van der Waals surface area contributed by atoms with Crippen molar-refractivity contribution in [3.8, 4) is 0 Å². The first-order valence-electron chi connectivity index (χ1n) is 8.68. The molecule has 1 amide bonds. The molecule has 128 valence electrons. The zero-order chi connectivity index (χ0) is 17.3. The summed E-state index contributed by atoms with van der Waals surface area (Å²) in [4.78, 5) is 12.6. The highest BCUT2D eigenvalue weighted by Gasteiger charge is 2.31. The second-order valence-electron chi connectivity index (χ2n) is 7.40. The summed E-state index contributed by atoms with van der Waals surface area (Å²) in [5.41, 5.74) is 4.54. The SMILES string of the molecule is Cc1noc(C)c1[C@H](C)CC(=O)N[C@]1(C)CCc2ccccc2C1. The van der Waals surface area contributed by atoms with Gasteiger partial charge in [0.25, 0.3) is 0 Å². The third kappa shape index (κ3) is 3.37. The Labute approximate surface area is 143 Å². The summed E-state index contributed by atoms with van der Waals surface area (Å²) in [5, 5.41) is 7.27. The Bertz CT molecular complexity index is 730. The summed E-state index contributed by atoms with van der Waals surface area (Å²) in [6, 6.07) is 8.53. The van der Waals surface area contributed by atoms with Crippen LogP contribution in [0.1, 0.15) is 60.8 Å². The molecule has 1 aliphatic carbocycles. The van der Waals surface area contributed by atoms with Gasteiger partial charge in [0.1, 0.15) is 5.76 Å². The number of aryl methyl sites for hydroxylation is 3. The molecule has 4 heteroatoms.